The molecular weight excluding hydrogens is 350 g/mol. The summed E-state index contributed by atoms with van der Waals surface area (Å²) in [6, 6.07) is 20.0. The molecule has 3 aromatic carbocycles. The molecule has 0 fully saturated rings. The maximum atomic E-state index is 7.28. The number of rotatable bonds is 3. The molecule has 0 heterocycles. The van der Waals surface area contributed by atoms with Crippen LogP contribution in [0.1, 0.15) is 50.1 Å². The summed E-state index contributed by atoms with van der Waals surface area (Å²) in [6.45, 7) is 12.8. The molecule has 0 aromatic heterocycles. The first-order chi connectivity index (χ1) is 12.2. The van der Waals surface area contributed by atoms with Crippen LogP contribution >= 0.6 is 12.4 Å². The molecule has 2 heteroatoms. The van der Waals surface area contributed by atoms with E-state index in [9.17, 15) is 0 Å². The highest BCUT2D eigenvalue weighted by molar-refractivity contribution is 5.85. The molecule has 0 aliphatic rings. The Hall–Kier alpha value is -2.09. The van der Waals surface area contributed by atoms with Crippen molar-refractivity contribution >= 4 is 12.4 Å². The molecule has 0 aliphatic carbocycles. The van der Waals surface area contributed by atoms with Gasteiger partial charge in [-0.25, -0.2) is 0 Å². The number of hydrogen-bond acceptors (Lipinski definition) is 1. The molecule has 0 unspecified atom stereocenters. The quantitative estimate of drug-likeness (QED) is 0.538. The van der Waals surface area contributed by atoms with Gasteiger partial charge in [0.15, 0.2) is 0 Å². The summed E-state index contributed by atoms with van der Waals surface area (Å²) in [5.41, 5.74) is 17.5. The zero-order valence-corrected chi connectivity index (χ0v) is 18.0. The minimum absolute atomic E-state index is 0. The third kappa shape index (κ3) is 4.26. The van der Waals surface area contributed by atoms with Crippen LogP contribution < -0.4 is 5.73 Å². The lowest BCUT2D eigenvalue weighted by Gasteiger charge is -2.33. The second-order valence-electron chi connectivity index (χ2n) is 7.94. The Kier molecular flexibility index (Phi) is 6.19. The summed E-state index contributed by atoms with van der Waals surface area (Å²) in [6.07, 6.45) is 0. The summed E-state index contributed by atoms with van der Waals surface area (Å²) in [5.74, 6) is 0. The van der Waals surface area contributed by atoms with Crippen LogP contribution in [0.4, 0.5) is 0 Å². The zero-order valence-electron chi connectivity index (χ0n) is 17.2. The van der Waals surface area contributed by atoms with E-state index in [1.807, 2.05) is 0 Å². The fourth-order valence-corrected chi connectivity index (χ4v) is 4.11. The zero-order chi connectivity index (χ0) is 19.1. The predicted molar refractivity (Wildman–Crippen MR) is 119 cm³/mol. The molecule has 0 spiro atoms. The molecule has 3 rings (SSSR count). The fourth-order valence-electron chi connectivity index (χ4n) is 4.11. The SMILES string of the molecule is Cc1cc(C)cc(C(N)(c2cc(C)cc(C)c2)c2cc(C)cc(C)c2)c1.Cl. The molecular formula is C25H30ClN. The van der Waals surface area contributed by atoms with Crippen LogP contribution in [0.15, 0.2) is 54.6 Å². The minimum atomic E-state index is -0.676. The van der Waals surface area contributed by atoms with E-state index < -0.39 is 5.54 Å². The minimum Gasteiger partial charge on any atom is -0.314 e. The van der Waals surface area contributed by atoms with Gasteiger partial charge in [-0.2, -0.15) is 0 Å². The van der Waals surface area contributed by atoms with E-state index in [1.165, 1.54) is 33.4 Å². The predicted octanol–water partition coefficient (Wildman–Crippen LogP) is 6.21. The summed E-state index contributed by atoms with van der Waals surface area (Å²) in [4.78, 5) is 0. The van der Waals surface area contributed by atoms with Gasteiger partial charge in [0.25, 0.3) is 0 Å². The van der Waals surface area contributed by atoms with Crippen molar-refractivity contribution in [3.8, 4) is 0 Å². The average molecular weight is 380 g/mol. The smallest absolute Gasteiger partial charge is 0.0923 e. The Morgan fingerprint density at radius 3 is 0.815 bits per heavy atom. The van der Waals surface area contributed by atoms with Crippen LogP contribution in [-0.2, 0) is 5.54 Å². The van der Waals surface area contributed by atoms with Crippen LogP contribution in [0.25, 0.3) is 0 Å². The summed E-state index contributed by atoms with van der Waals surface area (Å²) < 4.78 is 0. The third-order valence-corrected chi connectivity index (χ3v) is 5.03. The lowest BCUT2D eigenvalue weighted by Crippen LogP contribution is -2.39. The monoisotopic (exact) mass is 379 g/mol. The van der Waals surface area contributed by atoms with Crippen LogP contribution in [0.5, 0.6) is 0 Å². The standard InChI is InChI=1S/C25H29N.ClH/c1-16-7-17(2)11-22(10-16)25(26,23-12-18(3)8-19(4)13-23)24-14-20(5)9-21(6)15-24;/h7-15H,26H2,1-6H3;1H. The van der Waals surface area contributed by atoms with E-state index in [0.717, 1.165) is 16.7 Å². The highest BCUT2D eigenvalue weighted by Gasteiger charge is 2.33. The van der Waals surface area contributed by atoms with Gasteiger partial charge in [0.1, 0.15) is 0 Å². The van der Waals surface area contributed by atoms with Crippen molar-refractivity contribution in [2.24, 2.45) is 5.73 Å². The lowest BCUT2D eigenvalue weighted by molar-refractivity contribution is 0.649. The van der Waals surface area contributed by atoms with Gasteiger partial charge >= 0.3 is 0 Å². The van der Waals surface area contributed by atoms with Gasteiger partial charge in [-0.1, -0.05) is 88.0 Å². The first-order valence-corrected chi connectivity index (χ1v) is 9.23. The second kappa shape index (κ2) is 7.88. The highest BCUT2D eigenvalue weighted by atomic mass is 35.5. The van der Waals surface area contributed by atoms with Gasteiger partial charge in [-0.05, 0) is 58.2 Å². The van der Waals surface area contributed by atoms with Crippen molar-refractivity contribution in [2.45, 2.75) is 47.1 Å². The van der Waals surface area contributed by atoms with Crippen molar-refractivity contribution < 1.29 is 0 Å². The maximum absolute atomic E-state index is 7.28. The molecule has 0 saturated carbocycles. The van der Waals surface area contributed by atoms with Crippen LogP contribution in [0, 0.1) is 41.5 Å². The number of hydrogen-bond donors (Lipinski definition) is 1. The molecule has 0 saturated heterocycles. The Morgan fingerprint density at radius 2 is 0.630 bits per heavy atom. The molecule has 0 radical (unpaired) electrons. The third-order valence-electron chi connectivity index (χ3n) is 5.03. The summed E-state index contributed by atoms with van der Waals surface area (Å²) in [7, 11) is 0. The van der Waals surface area contributed by atoms with Crippen LogP contribution in [-0.4, -0.2) is 0 Å². The van der Waals surface area contributed by atoms with Crippen molar-refractivity contribution in [1.29, 1.82) is 0 Å². The first-order valence-electron chi connectivity index (χ1n) is 9.23. The lowest BCUT2D eigenvalue weighted by atomic mass is 9.75. The second-order valence-corrected chi connectivity index (χ2v) is 7.94. The number of nitrogens with two attached hydrogens (primary N) is 1. The topological polar surface area (TPSA) is 26.0 Å². The molecule has 0 bridgehead atoms. The van der Waals surface area contributed by atoms with Gasteiger partial charge < -0.3 is 5.73 Å². The summed E-state index contributed by atoms with van der Waals surface area (Å²) >= 11 is 0. The Labute approximate surface area is 170 Å². The van der Waals surface area contributed by atoms with E-state index in [2.05, 4.69) is 96.1 Å². The van der Waals surface area contributed by atoms with Gasteiger partial charge in [-0.15, -0.1) is 12.4 Å². The maximum Gasteiger partial charge on any atom is 0.0923 e. The van der Waals surface area contributed by atoms with Crippen LogP contribution in [0.2, 0.25) is 0 Å². The van der Waals surface area contributed by atoms with Gasteiger partial charge in [0, 0.05) is 0 Å². The van der Waals surface area contributed by atoms with E-state index in [-0.39, 0.29) is 12.4 Å². The van der Waals surface area contributed by atoms with Gasteiger partial charge in [-0.3, -0.25) is 0 Å². The van der Waals surface area contributed by atoms with E-state index >= 15 is 0 Å². The number of aryl methyl sites for hydroxylation is 6. The van der Waals surface area contributed by atoms with E-state index in [4.69, 9.17) is 5.73 Å². The van der Waals surface area contributed by atoms with Crippen molar-refractivity contribution in [1.82, 2.24) is 0 Å². The molecule has 3 aromatic rings. The van der Waals surface area contributed by atoms with Crippen LogP contribution in [0.3, 0.4) is 0 Å². The Morgan fingerprint density at radius 1 is 0.444 bits per heavy atom. The largest absolute Gasteiger partial charge is 0.314 e. The Bertz CT molecular complexity index is 786. The van der Waals surface area contributed by atoms with Crippen molar-refractivity contribution in [3.63, 3.8) is 0 Å². The highest BCUT2D eigenvalue weighted by Crippen LogP contribution is 2.37. The first kappa shape index (κ1) is 21.2. The fraction of sp³-hybridized carbons (Fsp3) is 0.280. The average Bonchev–Trinajstić information content (AvgIpc) is 2.51. The molecule has 0 aliphatic heterocycles. The molecule has 1 nitrogen and oxygen atoms in total. The van der Waals surface area contributed by atoms with Crippen molar-refractivity contribution in [2.75, 3.05) is 0 Å². The molecule has 27 heavy (non-hydrogen) atoms. The number of benzene rings is 3. The van der Waals surface area contributed by atoms with Gasteiger partial charge in [0.2, 0.25) is 0 Å². The molecule has 2 N–H and O–H groups in total. The number of halogens is 1. The molecule has 0 amide bonds. The summed E-state index contributed by atoms with van der Waals surface area (Å²) in [5, 5.41) is 0. The molecule has 0 atom stereocenters. The van der Waals surface area contributed by atoms with Gasteiger partial charge in [0.05, 0.1) is 5.54 Å². The normalized spacial score (nSPS) is 11.2. The van der Waals surface area contributed by atoms with E-state index in [1.54, 1.807) is 0 Å². The van der Waals surface area contributed by atoms with E-state index in [0.29, 0.717) is 0 Å². The van der Waals surface area contributed by atoms with Crippen molar-refractivity contribution in [3.05, 3.63) is 105 Å². The molecule has 142 valence electrons. The Balaban J connectivity index is 0.00000261.